The van der Waals surface area contributed by atoms with Gasteiger partial charge in [0.1, 0.15) is 9.84 Å². The van der Waals surface area contributed by atoms with E-state index in [2.05, 4.69) is 22.8 Å². The molecule has 1 fully saturated rings. The highest BCUT2D eigenvalue weighted by Gasteiger charge is 2.29. The lowest BCUT2D eigenvalue weighted by molar-refractivity contribution is 0.0925. The third kappa shape index (κ3) is 6.96. The third-order valence-corrected chi connectivity index (χ3v) is 5.45. The standard InChI is InChI=1S/C19H31N3O3S/c1-4-20-19(22-15(2)11-13-26(3,23)24)21-14-17-10-12-25-18(17)16-8-6-5-7-9-16/h5-9,15,17-18H,4,10-14H2,1-3H3,(H2,20,21,22). The Kier molecular flexibility index (Phi) is 7.90. The highest BCUT2D eigenvalue weighted by molar-refractivity contribution is 7.90. The molecule has 2 N–H and O–H groups in total. The molecular formula is C19H31N3O3S. The number of ether oxygens (including phenoxy) is 1. The monoisotopic (exact) mass is 381 g/mol. The van der Waals surface area contributed by atoms with Gasteiger partial charge in [-0.1, -0.05) is 30.3 Å². The molecule has 3 unspecified atom stereocenters. The van der Waals surface area contributed by atoms with Crippen LogP contribution in [0.1, 0.15) is 38.4 Å². The number of guanidine groups is 1. The summed E-state index contributed by atoms with van der Waals surface area (Å²) < 4.78 is 28.6. The number of sulfone groups is 1. The van der Waals surface area contributed by atoms with E-state index in [4.69, 9.17) is 9.73 Å². The minimum absolute atomic E-state index is 0.0345. The number of aliphatic imine (C=N–C) groups is 1. The van der Waals surface area contributed by atoms with E-state index in [0.29, 0.717) is 18.9 Å². The van der Waals surface area contributed by atoms with E-state index in [1.165, 1.54) is 11.8 Å². The molecule has 1 aliphatic heterocycles. The lowest BCUT2D eigenvalue weighted by Gasteiger charge is -2.20. The summed E-state index contributed by atoms with van der Waals surface area (Å²) in [6.07, 6.45) is 2.91. The summed E-state index contributed by atoms with van der Waals surface area (Å²) in [5, 5.41) is 6.54. The number of hydrogen-bond acceptors (Lipinski definition) is 4. The number of rotatable bonds is 8. The second-order valence-electron chi connectivity index (χ2n) is 6.93. The summed E-state index contributed by atoms with van der Waals surface area (Å²) in [4.78, 5) is 4.72. The van der Waals surface area contributed by atoms with Gasteiger partial charge < -0.3 is 15.4 Å². The number of hydrogen-bond donors (Lipinski definition) is 2. The summed E-state index contributed by atoms with van der Waals surface area (Å²) >= 11 is 0. The van der Waals surface area contributed by atoms with Crippen LogP contribution in [0.5, 0.6) is 0 Å². The predicted molar refractivity (Wildman–Crippen MR) is 106 cm³/mol. The summed E-state index contributed by atoms with van der Waals surface area (Å²) in [5.74, 6) is 1.25. The second-order valence-corrected chi connectivity index (χ2v) is 9.19. The van der Waals surface area contributed by atoms with Crippen molar-refractivity contribution in [1.29, 1.82) is 0 Å². The average molecular weight is 382 g/mol. The van der Waals surface area contributed by atoms with Crippen LogP contribution in [0.2, 0.25) is 0 Å². The van der Waals surface area contributed by atoms with Crippen LogP contribution in [-0.2, 0) is 14.6 Å². The van der Waals surface area contributed by atoms with Gasteiger partial charge in [0.05, 0.1) is 11.9 Å². The van der Waals surface area contributed by atoms with Crippen LogP contribution in [0, 0.1) is 5.92 Å². The SMILES string of the molecule is CCNC(=NCC1CCOC1c1ccccc1)NC(C)CCS(C)(=O)=O. The molecule has 0 amide bonds. The fourth-order valence-electron chi connectivity index (χ4n) is 3.06. The van der Waals surface area contributed by atoms with E-state index in [1.807, 2.05) is 32.0 Å². The Bertz CT molecular complexity index is 677. The largest absolute Gasteiger partial charge is 0.373 e. The molecule has 0 aromatic heterocycles. The van der Waals surface area contributed by atoms with Crippen LogP contribution in [0.3, 0.4) is 0 Å². The van der Waals surface area contributed by atoms with Crippen molar-refractivity contribution in [2.75, 3.05) is 31.7 Å². The molecule has 2 rings (SSSR count). The van der Waals surface area contributed by atoms with Crippen LogP contribution in [0.4, 0.5) is 0 Å². The van der Waals surface area contributed by atoms with Crippen molar-refractivity contribution in [1.82, 2.24) is 10.6 Å². The first-order chi connectivity index (χ1) is 12.4. The Morgan fingerprint density at radius 1 is 1.35 bits per heavy atom. The average Bonchev–Trinajstić information content (AvgIpc) is 3.07. The first-order valence-electron chi connectivity index (χ1n) is 9.28. The predicted octanol–water partition coefficient (Wildman–Crippen LogP) is 2.14. The zero-order valence-corrected chi connectivity index (χ0v) is 16.8. The number of benzene rings is 1. The van der Waals surface area contributed by atoms with E-state index < -0.39 is 9.84 Å². The van der Waals surface area contributed by atoms with Crippen molar-refractivity contribution >= 4 is 15.8 Å². The molecular weight excluding hydrogens is 350 g/mol. The molecule has 146 valence electrons. The fourth-order valence-corrected chi connectivity index (χ4v) is 3.84. The van der Waals surface area contributed by atoms with Crippen molar-refractivity contribution in [2.45, 2.75) is 38.8 Å². The van der Waals surface area contributed by atoms with Gasteiger partial charge in [-0.25, -0.2) is 8.42 Å². The number of nitrogens with one attached hydrogen (secondary N) is 2. The maximum absolute atomic E-state index is 11.3. The van der Waals surface area contributed by atoms with E-state index in [-0.39, 0.29) is 17.9 Å². The molecule has 1 aromatic rings. The highest BCUT2D eigenvalue weighted by Crippen LogP contribution is 2.34. The van der Waals surface area contributed by atoms with Gasteiger partial charge in [0.25, 0.3) is 0 Å². The molecule has 6 nitrogen and oxygen atoms in total. The minimum Gasteiger partial charge on any atom is -0.373 e. The Balaban J connectivity index is 1.95. The summed E-state index contributed by atoms with van der Waals surface area (Å²) in [6.45, 7) is 6.18. The smallest absolute Gasteiger partial charge is 0.191 e. The zero-order valence-electron chi connectivity index (χ0n) is 15.9. The van der Waals surface area contributed by atoms with Crippen LogP contribution in [0.25, 0.3) is 0 Å². The van der Waals surface area contributed by atoms with E-state index in [1.54, 1.807) is 0 Å². The van der Waals surface area contributed by atoms with Gasteiger partial charge in [0.2, 0.25) is 0 Å². The highest BCUT2D eigenvalue weighted by atomic mass is 32.2. The molecule has 1 heterocycles. The van der Waals surface area contributed by atoms with Crippen molar-refractivity contribution in [3.8, 4) is 0 Å². The summed E-state index contributed by atoms with van der Waals surface area (Å²) in [7, 11) is -2.95. The molecule has 1 aliphatic rings. The van der Waals surface area contributed by atoms with E-state index in [9.17, 15) is 8.42 Å². The molecule has 0 radical (unpaired) electrons. The second kappa shape index (κ2) is 9.92. The van der Waals surface area contributed by atoms with Gasteiger partial charge in [-0.3, -0.25) is 4.99 Å². The van der Waals surface area contributed by atoms with Crippen molar-refractivity contribution < 1.29 is 13.2 Å². The van der Waals surface area contributed by atoms with Crippen molar-refractivity contribution in [2.24, 2.45) is 10.9 Å². The normalized spacial score (nSPS) is 22.2. The Morgan fingerprint density at radius 2 is 2.08 bits per heavy atom. The molecule has 0 spiro atoms. The molecule has 0 aliphatic carbocycles. The Morgan fingerprint density at radius 3 is 2.73 bits per heavy atom. The maximum Gasteiger partial charge on any atom is 0.191 e. The first kappa shape index (κ1) is 20.7. The topological polar surface area (TPSA) is 79.8 Å². The lowest BCUT2D eigenvalue weighted by atomic mass is 9.95. The lowest BCUT2D eigenvalue weighted by Crippen LogP contribution is -2.43. The quantitative estimate of drug-likeness (QED) is 0.533. The molecule has 26 heavy (non-hydrogen) atoms. The zero-order chi connectivity index (χ0) is 19.0. The van der Waals surface area contributed by atoms with E-state index in [0.717, 1.165) is 25.5 Å². The van der Waals surface area contributed by atoms with Gasteiger partial charge in [-0.05, 0) is 32.3 Å². The maximum atomic E-state index is 11.3. The summed E-state index contributed by atoms with van der Waals surface area (Å²) in [5.41, 5.74) is 1.20. The third-order valence-electron chi connectivity index (χ3n) is 4.48. The minimum atomic E-state index is -2.95. The Labute approximate surface area is 157 Å². The molecule has 1 aromatic carbocycles. The molecule has 3 atom stereocenters. The molecule has 0 bridgehead atoms. The van der Waals surface area contributed by atoms with Crippen LogP contribution in [-0.4, -0.2) is 52.1 Å². The first-order valence-corrected chi connectivity index (χ1v) is 11.3. The van der Waals surface area contributed by atoms with E-state index >= 15 is 0 Å². The Hall–Kier alpha value is -1.60. The molecule has 0 saturated carbocycles. The number of nitrogens with zero attached hydrogens (tertiary/aromatic N) is 1. The molecule has 1 saturated heterocycles. The van der Waals surface area contributed by atoms with Gasteiger partial charge in [0.15, 0.2) is 5.96 Å². The van der Waals surface area contributed by atoms with Crippen molar-refractivity contribution in [3.63, 3.8) is 0 Å². The van der Waals surface area contributed by atoms with Crippen LogP contribution < -0.4 is 10.6 Å². The van der Waals surface area contributed by atoms with Gasteiger partial charge >= 0.3 is 0 Å². The van der Waals surface area contributed by atoms with Gasteiger partial charge in [-0.15, -0.1) is 0 Å². The van der Waals surface area contributed by atoms with Gasteiger partial charge in [0, 0.05) is 37.9 Å². The van der Waals surface area contributed by atoms with Crippen LogP contribution >= 0.6 is 0 Å². The van der Waals surface area contributed by atoms with Crippen LogP contribution in [0.15, 0.2) is 35.3 Å². The van der Waals surface area contributed by atoms with Gasteiger partial charge in [-0.2, -0.15) is 0 Å². The fraction of sp³-hybridized carbons (Fsp3) is 0.632. The van der Waals surface area contributed by atoms with Crippen molar-refractivity contribution in [3.05, 3.63) is 35.9 Å². The summed E-state index contributed by atoms with van der Waals surface area (Å²) in [6, 6.07) is 10.3. The molecule has 7 heteroatoms.